The van der Waals surface area contributed by atoms with Crippen molar-refractivity contribution in [3.8, 4) is 0 Å². The molecule has 0 aliphatic heterocycles. The Kier molecular flexibility index (Phi) is 3.88. The van der Waals surface area contributed by atoms with Crippen LogP contribution in [0.2, 0.25) is 0 Å². The minimum Gasteiger partial charge on any atom is -0.338 e. The first-order chi connectivity index (χ1) is 8.49. The van der Waals surface area contributed by atoms with Gasteiger partial charge in [-0.2, -0.15) is 0 Å². The molecule has 1 aromatic heterocycles. The van der Waals surface area contributed by atoms with Gasteiger partial charge in [0.1, 0.15) is 5.82 Å². The molecule has 0 aliphatic rings. The number of halogens is 1. The van der Waals surface area contributed by atoms with Crippen LogP contribution in [-0.2, 0) is 13.5 Å². The molecular weight excluding hydrogens is 290 g/mol. The van der Waals surface area contributed by atoms with Crippen LogP contribution < -0.4 is 5.73 Å². The average Bonchev–Trinajstić information content (AvgIpc) is 2.71. The molecule has 0 amide bonds. The van der Waals surface area contributed by atoms with E-state index >= 15 is 0 Å². The van der Waals surface area contributed by atoms with Crippen LogP contribution in [0.5, 0.6) is 0 Å². The number of hydrogen-bond donors (Lipinski definition) is 1. The number of nitrogens with zero attached hydrogens (tertiary/aromatic N) is 2. The summed E-state index contributed by atoms with van der Waals surface area (Å²) in [4.78, 5) is 4.32. The molecule has 0 radical (unpaired) electrons. The number of rotatable bonds is 3. The predicted octanol–water partition coefficient (Wildman–Crippen LogP) is 3.04. The SMILES string of the molecule is Cc1cc(C(N)Cc2nccn2C)cc(C)c1Br. The molecule has 18 heavy (non-hydrogen) atoms. The third-order valence-electron chi connectivity index (χ3n) is 3.21. The molecule has 0 bridgehead atoms. The van der Waals surface area contributed by atoms with Gasteiger partial charge in [-0.1, -0.05) is 28.1 Å². The van der Waals surface area contributed by atoms with Crippen molar-refractivity contribution in [3.05, 3.63) is 51.5 Å². The summed E-state index contributed by atoms with van der Waals surface area (Å²) in [6, 6.07) is 4.27. The minimum absolute atomic E-state index is 0.0170. The van der Waals surface area contributed by atoms with Gasteiger partial charge in [0.25, 0.3) is 0 Å². The van der Waals surface area contributed by atoms with E-state index in [0.29, 0.717) is 0 Å². The molecule has 2 N–H and O–H groups in total. The Bertz CT molecular complexity index is 537. The standard InChI is InChI=1S/C14H18BrN3/c1-9-6-11(7-10(2)14(9)15)12(16)8-13-17-4-5-18(13)3/h4-7,12H,8,16H2,1-3H3. The summed E-state index contributed by atoms with van der Waals surface area (Å²) in [5.41, 5.74) is 9.88. The molecule has 1 heterocycles. The predicted molar refractivity (Wildman–Crippen MR) is 77.5 cm³/mol. The van der Waals surface area contributed by atoms with Crippen molar-refractivity contribution in [1.82, 2.24) is 9.55 Å². The maximum Gasteiger partial charge on any atom is 0.110 e. The van der Waals surface area contributed by atoms with Crippen LogP contribution >= 0.6 is 15.9 Å². The number of benzene rings is 1. The molecule has 3 nitrogen and oxygen atoms in total. The Morgan fingerprint density at radius 2 is 1.94 bits per heavy atom. The molecule has 96 valence electrons. The Labute approximate surface area is 116 Å². The van der Waals surface area contributed by atoms with E-state index in [1.165, 1.54) is 11.1 Å². The first-order valence-corrected chi connectivity index (χ1v) is 6.76. The summed E-state index contributed by atoms with van der Waals surface area (Å²) in [5, 5.41) is 0. The maximum atomic E-state index is 6.27. The lowest BCUT2D eigenvalue weighted by Crippen LogP contribution is -2.16. The van der Waals surface area contributed by atoms with Crippen molar-refractivity contribution in [2.24, 2.45) is 12.8 Å². The highest BCUT2D eigenvalue weighted by atomic mass is 79.9. The first kappa shape index (κ1) is 13.3. The van der Waals surface area contributed by atoms with E-state index in [1.54, 1.807) is 6.20 Å². The van der Waals surface area contributed by atoms with Gasteiger partial charge in [0.05, 0.1) is 0 Å². The Morgan fingerprint density at radius 1 is 1.33 bits per heavy atom. The van der Waals surface area contributed by atoms with Crippen LogP contribution in [0, 0.1) is 13.8 Å². The van der Waals surface area contributed by atoms with Gasteiger partial charge in [-0.05, 0) is 30.5 Å². The van der Waals surface area contributed by atoms with Crippen molar-refractivity contribution in [2.75, 3.05) is 0 Å². The number of aromatic nitrogens is 2. The van der Waals surface area contributed by atoms with Gasteiger partial charge < -0.3 is 10.3 Å². The van der Waals surface area contributed by atoms with Crippen LogP contribution in [0.25, 0.3) is 0 Å². The van der Waals surface area contributed by atoms with Gasteiger partial charge >= 0.3 is 0 Å². The molecule has 1 aromatic carbocycles. The van der Waals surface area contributed by atoms with E-state index < -0.39 is 0 Å². The van der Waals surface area contributed by atoms with Crippen LogP contribution in [0.4, 0.5) is 0 Å². The van der Waals surface area contributed by atoms with Gasteiger partial charge in [-0.15, -0.1) is 0 Å². The largest absolute Gasteiger partial charge is 0.338 e. The fourth-order valence-corrected chi connectivity index (χ4v) is 2.33. The lowest BCUT2D eigenvalue weighted by Gasteiger charge is -2.15. The number of aryl methyl sites for hydroxylation is 3. The second kappa shape index (κ2) is 5.24. The minimum atomic E-state index is -0.0170. The van der Waals surface area contributed by atoms with E-state index in [4.69, 9.17) is 5.73 Å². The fourth-order valence-electron chi connectivity index (χ4n) is 2.10. The molecule has 1 atom stereocenters. The van der Waals surface area contributed by atoms with E-state index in [1.807, 2.05) is 17.8 Å². The molecule has 0 aliphatic carbocycles. The lowest BCUT2D eigenvalue weighted by atomic mass is 9.99. The van der Waals surface area contributed by atoms with Gasteiger partial charge in [-0.3, -0.25) is 0 Å². The third-order valence-corrected chi connectivity index (χ3v) is 4.46. The summed E-state index contributed by atoms with van der Waals surface area (Å²) >= 11 is 3.58. The van der Waals surface area contributed by atoms with Crippen molar-refractivity contribution in [2.45, 2.75) is 26.3 Å². The maximum absolute atomic E-state index is 6.27. The lowest BCUT2D eigenvalue weighted by molar-refractivity contribution is 0.658. The van der Waals surface area contributed by atoms with Gasteiger partial charge in [-0.25, -0.2) is 4.98 Å². The van der Waals surface area contributed by atoms with E-state index in [0.717, 1.165) is 22.3 Å². The first-order valence-electron chi connectivity index (χ1n) is 5.97. The van der Waals surface area contributed by atoms with Crippen LogP contribution in [-0.4, -0.2) is 9.55 Å². The summed E-state index contributed by atoms with van der Waals surface area (Å²) in [7, 11) is 1.99. The molecular formula is C14H18BrN3. The highest BCUT2D eigenvalue weighted by Crippen LogP contribution is 2.25. The zero-order chi connectivity index (χ0) is 13.3. The van der Waals surface area contributed by atoms with Crippen molar-refractivity contribution in [1.29, 1.82) is 0 Å². The highest BCUT2D eigenvalue weighted by molar-refractivity contribution is 9.10. The van der Waals surface area contributed by atoms with Gasteiger partial charge in [0, 0.05) is 36.4 Å². The number of hydrogen-bond acceptors (Lipinski definition) is 2. The van der Waals surface area contributed by atoms with Crippen LogP contribution in [0.15, 0.2) is 29.0 Å². The smallest absolute Gasteiger partial charge is 0.110 e. The Morgan fingerprint density at radius 3 is 2.44 bits per heavy atom. The molecule has 2 rings (SSSR count). The summed E-state index contributed by atoms with van der Waals surface area (Å²) < 4.78 is 3.17. The third kappa shape index (κ3) is 2.65. The van der Waals surface area contributed by atoms with E-state index in [9.17, 15) is 0 Å². The monoisotopic (exact) mass is 307 g/mol. The normalized spacial score (nSPS) is 12.7. The quantitative estimate of drug-likeness (QED) is 0.947. The topological polar surface area (TPSA) is 43.8 Å². The van der Waals surface area contributed by atoms with Crippen molar-refractivity contribution >= 4 is 15.9 Å². The Balaban J connectivity index is 2.24. The number of imidazole rings is 1. The molecule has 0 spiro atoms. The van der Waals surface area contributed by atoms with Gasteiger partial charge in [0.2, 0.25) is 0 Å². The fraction of sp³-hybridized carbons (Fsp3) is 0.357. The van der Waals surface area contributed by atoms with Crippen LogP contribution in [0.1, 0.15) is 28.6 Å². The average molecular weight is 308 g/mol. The second-order valence-electron chi connectivity index (χ2n) is 4.73. The van der Waals surface area contributed by atoms with Gasteiger partial charge in [0.15, 0.2) is 0 Å². The summed E-state index contributed by atoms with van der Waals surface area (Å²) in [6.07, 6.45) is 4.50. The van der Waals surface area contributed by atoms with Crippen molar-refractivity contribution < 1.29 is 0 Å². The summed E-state index contributed by atoms with van der Waals surface area (Å²) in [6.45, 7) is 4.18. The number of nitrogens with two attached hydrogens (primary N) is 1. The van der Waals surface area contributed by atoms with E-state index in [-0.39, 0.29) is 6.04 Å². The molecule has 0 fully saturated rings. The van der Waals surface area contributed by atoms with Crippen molar-refractivity contribution in [3.63, 3.8) is 0 Å². The van der Waals surface area contributed by atoms with Crippen LogP contribution in [0.3, 0.4) is 0 Å². The molecule has 4 heteroatoms. The summed E-state index contributed by atoms with van der Waals surface area (Å²) in [5.74, 6) is 1.01. The zero-order valence-corrected chi connectivity index (χ0v) is 12.5. The highest BCUT2D eigenvalue weighted by Gasteiger charge is 2.12. The molecule has 2 aromatic rings. The Hall–Kier alpha value is -1.13. The second-order valence-corrected chi connectivity index (χ2v) is 5.53. The molecule has 1 unspecified atom stereocenters. The van der Waals surface area contributed by atoms with E-state index in [2.05, 4.69) is 46.9 Å². The molecule has 0 saturated heterocycles. The molecule has 0 saturated carbocycles. The zero-order valence-electron chi connectivity index (χ0n) is 10.9.